The summed E-state index contributed by atoms with van der Waals surface area (Å²) in [4.78, 5) is 25.2. The highest BCUT2D eigenvalue weighted by atomic mass is 19.1. The number of carbonyl (C=O) groups is 1. The Balaban J connectivity index is 1.33. The van der Waals surface area contributed by atoms with Crippen LogP contribution in [0.5, 0.6) is 11.5 Å². The largest absolute Gasteiger partial charge is 0.457 e. The predicted octanol–water partition coefficient (Wildman–Crippen LogP) is 5.95. The molecule has 7 nitrogen and oxygen atoms in total. The van der Waals surface area contributed by atoms with E-state index in [1.807, 2.05) is 0 Å². The number of anilines is 3. The second kappa shape index (κ2) is 9.33. The number of hydrogen-bond donors (Lipinski definition) is 2. The zero-order chi connectivity index (χ0) is 23.3. The minimum atomic E-state index is -0.379. The van der Waals surface area contributed by atoms with Gasteiger partial charge in [0, 0.05) is 53.3 Å². The van der Waals surface area contributed by atoms with Crippen LogP contribution in [0.1, 0.15) is 10.5 Å². The number of benzene rings is 2. The molecule has 1 amide bonds. The number of fused-ring (bicyclic) bond motifs is 1. The summed E-state index contributed by atoms with van der Waals surface area (Å²) in [6, 6.07) is 20.0. The zero-order valence-electron chi connectivity index (χ0n) is 17.8. The maximum Gasteiger partial charge on any atom is 0.274 e. The van der Waals surface area contributed by atoms with Crippen molar-refractivity contribution in [2.24, 2.45) is 0 Å². The Hall–Kier alpha value is -4.85. The third-order valence-corrected chi connectivity index (χ3v) is 4.95. The number of nitrogens with one attached hydrogen (secondary N) is 2. The average Bonchev–Trinajstić information content (AvgIpc) is 2.85. The first kappa shape index (κ1) is 21.0. The molecule has 0 aliphatic rings. The molecule has 2 aromatic carbocycles. The number of aromatic nitrogens is 3. The smallest absolute Gasteiger partial charge is 0.274 e. The third-order valence-electron chi connectivity index (χ3n) is 4.95. The quantitative estimate of drug-likeness (QED) is 0.332. The molecule has 0 atom stereocenters. The molecule has 0 aliphatic carbocycles. The Kier molecular flexibility index (Phi) is 5.77. The molecule has 5 aromatic rings. The van der Waals surface area contributed by atoms with Crippen molar-refractivity contribution in [1.29, 1.82) is 0 Å². The van der Waals surface area contributed by atoms with Gasteiger partial charge in [-0.3, -0.25) is 19.7 Å². The molecule has 0 spiro atoms. The lowest BCUT2D eigenvalue weighted by Crippen LogP contribution is -2.13. The minimum Gasteiger partial charge on any atom is -0.457 e. The van der Waals surface area contributed by atoms with Crippen molar-refractivity contribution >= 4 is 33.9 Å². The van der Waals surface area contributed by atoms with Crippen LogP contribution in [0.15, 0.2) is 97.6 Å². The topological polar surface area (TPSA) is 89.0 Å². The van der Waals surface area contributed by atoms with Gasteiger partial charge in [0.05, 0.1) is 5.52 Å². The molecule has 0 aliphatic heterocycles. The van der Waals surface area contributed by atoms with E-state index in [0.717, 1.165) is 0 Å². The van der Waals surface area contributed by atoms with Crippen molar-refractivity contribution in [3.8, 4) is 11.5 Å². The van der Waals surface area contributed by atoms with Gasteiger partial charge in [0.2, 0.25) is 0 Å². The highest BCUT2D eigenvalue weighted by Gasteiger charge is 2.11. The zero-order valence-corrected chi connectivity index (χ0v) is 17.8. The van der Waals surface area contributed by atoms with Gasteiger partial charge in [-0.2, -0.15) is 0 Å². The predicted molar refractivity (Wildman–Crippen MR) is 128 cm³/mol. The molecule has 34 heavy (non-hydrogen) atoms. The molecule has 3 heterocycles. The van der Waals surface area contributed by atoms with E-state index in [1.165, 1.54) is 18.3 Å². The summed E-state index contributed by atoms with van der Waals surface area (Å²) in [5.41, 5.74) is 2.74. The van der Waals surface area contributed by atoms with Gasteiger partial charge in [-0.15, -0.1) is 0 Å². The second-order valence-corrected chi connectivity index (χ2v) is 7.34. The lowest BCUT2D eigenvalue weighted by Gasteiger charge is -2.11. The van der Waals surface area contributed by atoms with Crippen LogP contribution in [0.2, 0.25) is 0 Å². The van der Waals surface area contributed by atoms with Gasteiger partial charge in [0.25, 0.3) is 5.91 Å². The fourth-order valence-electron chi connectivity index (χ4n) is 3.39. The van der Waals surface area contributed by atoms with Gasteiger partial charge in [0.15, 0.2) is 0 Å². The molecule has 8 heteroatoms. The molecule has 3 aromatic heterocycles. The van der Waals surface area contributed by atoms with Crippen molar-refractivity contribution in [3.05, 3.63) is 109 Å². The van der Waals surface area contributed by atoms with Crippen LogP contribution in [-0.2, 0) is 0 Å². The van der Waals surface area contributed by atoms with Crippen molar-refractivity contribution in [2.75, 3.05) is 10.6 Å². The lowest BCUT2D eigenvalue weighted by molar-refractivity contribution is 0.102. The Morgan fingerprint density at radius 3 is 2.53 bits per heavy atom. The number of rotatable bonds is 6. The molecule has 0 saturated heterocycles. The van der Waals surface area contributed by atoms with E-state index >= 15 is 0 Å². The Labute approximate surface area is 194 Å². The standard InChI is InChI=1S/C26H18FN5O2/c27-17-4-5-23-22(14-17)24(9-13-29-23)31-19-6-12-30-25(16-19)26(33)32-18-2-1-3-21(15-18)34-20-7-10-28-11-8-20/h1-16H,(H,32,33)(H,29,30,31). The van der Waals surface area contributed by atoms with Crippen LogP contribution in [0.3, 0.4) is 0 Å². The number of carbonyl (C=O) groups excluding carboxylic acids is 1. The fourth-order valence-corrected chi connectivity index (χ4v) is 3.39. The first-order valence-electron chi connectivity index (χ1n) is 10.4. The molecule has 0 radical (unpaired) electrons. The Morgan fingerprint density at radius 1 is 0.794 bits per heavy atom. The Morgan fingerprint density at radius 2 is 1.65 bits per heavy atom. The van der Waals surface area contributed by atoms with Crippen LogP contribution in [0.25, 0.3) is 10.9 Å². The van der Waals surface area contributed by atoms with Crippen LogP contribution in [-0.4, -0.2) is 20.9 Å². The SMILES string of the molecule is O=C(Nc1cccc(Oc2ccncc2)c1)c1cc(Nc2ccnc3ccc(F)cc23)ccn1. The number of halogens is 1. The van der Waals surface area contributed by atoms with E-state index in [4.69, 9.17) is 4.74 Å². The van der Waals surface area contributed by atoms with E-state index in [9.17, 15) is 9.18 Å². The molecule has 5 rings (SSSR count). The van der Waals surface area contributed by atoms with Crippen molar-refractivity contribution < 1.29 is 13.9 Å². The van der Waals surface area contributed by atoms with Crippen LogP contribution >= 0.6 is 0 Å². The summed E-state index contributed by atoms with van der Waals surface area (Å²) in [7, 11) is 0. The normalized spacial score (nSPS) is 10.6. The van der Waals surface area contributed by atoms with E-state index in [0.29, 0.717) is 39.5 Å². The van der Waals surface area contributed by atoms with E-state index in [1.54, 1.807) is 79.3 Å². The molecule has 0 unspecified atom stereocenters. The molecule has 166 valence electrons. The highest BCUT2D eigenvalue weighted by molar-refractivity contribution is 6.03. The van der Waals surface area contributed by atoms with E-state index in [-0.39, 0.29) is 17.4 Å². The van der Waals surface area contributed by atoms with Gasteiger partial charge in [-0.05, 0) is 60.7 Å². The van der Waals surface area contributed by atoms with E-state index < -0.39 is 0 Å². The number of ether oxygens (including phenoxy) is 1. The average molecular weight is 451 g/mol. The summed E-state index contributed by atoms with van der Waals surface area (Å²) < 4.78 is 19.5. The maximum absolute atomic E-state index is 13.8. The lowest BCUT2D eigenvalue weighted by atomic mass is 10.1. The van der Waals surface area contributed by atoms with Crippen molar-refractivity contribution in [2.45, 2.75) is 0 Å². The Bertz CT molecular complexity index is 1480. The third kappa shape index (κ3) is 4.81. The van der Waals surface area contributed by atoms with E-state index in [2.05, 4.69) is 25.6 Å². The molecular formula is C26H18FN5O2. The summed E-state index contributed by atoms with van der Waals surface area (Å²) in [6.07, 6.45) is 6.44. The molecule has 0 fully saturated rings. The monoisotopic (exact) mass is 451 g/mol. The second-order valence-electron chi connectivity index (χ2n) is 7.34. The molecule has 2 N–H and O–H groups in total. The fraction of sp³-hybridized carbons (Fsp3) is 0. The first-order chi connectivity index (χ1) is 16.6. The number of pyridine rings is 3. The van der Waals surface area contributed by atoms with Gasteiger partial charge < -0.3 is 15.4 Å². The summed E-state index contributed by atoms with van der Waals surface area (Å²) in [6.45, 7) is 0. The first-order valence-corrected chi connectivity index (χ1v) is 10.4. The summed E-state index contributed by atoms with van der Waals surface area (Å²) in [5, 5.41) is 6.68. The highest BCUT2D eigenvalue weighted by Crippen LogP contribution is 2.27. The number of hydrogen-bond acceptors (Lipinski definition) is 6. The number of nitrogens with zero attached hydrogens (tertiary/aromatic N) is 3. The van der Waals surface area contributed by atoms with Crippen molar-refractivity contribution in [3.63, 3.8) is 0 Å². The van der Waals surface area contributed by atoms with Crippen LogP contribution in [0, 0.1) is 5.82 Å². The molecule has 0 bridgehead atoms. The summed E-state index contributed by atoms with van der Waals surface area (Å²) in [5.74, 6) is 0.482. The molecular weight excluding hydrogens is 433 g/mol. The molecule has 0 saturated carbocycles. The minimum absolute atomic E-state index is 0.218. The van der Waals surface area contributed by atoms with Crippen LogP contribution in [0.4, 0.5) is 21.5 Å². The van der Waals surface area contributed by atoms with Crippen molar-refractivity contribution in [1.82, 2.24) is 15.0 Å². The number of amides is 1. The summed E-state index contributed by atoms with van der Waals surface area (Å²) >= 11 is 0. The van der Waals surface area contributed by atoms with Gasteiger partial charge in [0.1, 0.15) is 23.0 Å². The van der Waals surface area contributed by atoms with Gasteiger partial charge >= 0.3 is 0 Å². The van der Waals surface area contributed by atoms with Gasteiger partial charge in [-0.25, -0.2) is 4.39 Å². The maximum atomic E-state index is 13.8. The van der Waals surface area contributed by atoms with Gasteiger partial charge in [-0.1, -0.05) is 6.07 Å². The van der Waals surface area contributed by atoms with Crippen LogP contribution < -0.4 is 15.4 Å².